The quantitative estimate of drug-likeness (QED) is 0.385. The molecule has 1 amide bonds. The van der Waals surface area contributed by atoms with E-state index < -0.39 is 5.91 Å². The number of hydrogen-bond donors (Lipinski definition) is 3. The molecule has 3 aromatic rings. The Morgan fingerprint density at radius 3 is 2.74 bits per heavy atom. The van der Waals surface area contributed by atoms with Crippen molar-refractivity contribution >= 4 is 45.0 Å². The third-order valence-corrected chi connectivity index (χ3v) is 6.34. The molecule has 178 valence electrons. The summed E-state index contributed by atoms with van der Waals surface area (Å²) < 4.78 is 11.7. The number of nitrogens with one attached hydrogen (secondary N) is 2. The molecule has 4 rings (SSSR count). The van der Waals surface area contributed by atoms with E-state index in [1.165, 1.54) is 17.3 Å². The van der Waals surface area contributed by atoms with Crippen LogP contribution in [0.4, 0.5) is 23.1 Å². The Balaban J connectivity index is 1.63. The van der Waals surface area contributed by atoms with Gasteiger partial charge in [-0.1, -0.05) is 12.1 Å². The van der Waals surface area contributed by atoms with Crippen LogP contribution in [0, 0.1) is 0 Å². The van der Waals surface area contributed by atoms with Crippen molar-refractivity contribution in [3.63, 3.8) is 0 Å². The van der Waals surface area contributed by atoms with Crippen molar-refractivity contribution in [3.05, 3.63) is 63.8 Å². The minimum absolute atomic E-state index is 0.187. The van der Waals surface area contributed by atoms with Gasteiger partial charge in [-0.3, -0.25) is 9.69 Å². The van der Waals surface area contributed by atoms with Gasteiger partial charge in [-0.05, 0) is 57.7 Å². The monoisotopic (exact) mass is 526 g/mol. The predicted octanol–water partition coefficient (Wildman–Crippen LogP) is 3.84. The number of rotatable bonds is 9. The van der Waals surface area contributed by atoms with E-state index in [1.807, 2.05) is 24.3 Å². The van der Waals surface area contributed by atoms with E-state index in [0.717, 1.165) is 41.9 Å². The summed E-state index contributed by atoms with van der Waals surface area (Å²) in [5, 5.41) is 6.41. The summed E-state index contributed by atoms with van der Waals surface area (Å²) in [6, 6.07) is 11.7. The first-order chi connectivity index (χ1) is 16.5. The first-order valence-corrected chi connectivity index (χ1v) is 11.6. The summed E-state index contributed by atoms with van der Waals surface area (Å²) in [4.78, 5) is 23.2. The van der Waals surface area contributed by atoms with E-state index >= 15 is 0 Å². The molecule has 0 spiro atoms. The predicted molar refractivity (Wildman–Crippen MR) is 135 cm³/mol. The number of carbonyl (C=O) groups is 1. The van der Waals surface area contributed by atoms with Gasteiger partial charge in [0.05, 0.1) is 25.1 Å². The Morgan fingerprint density at radius 1 is 1.18 bits per heavy atom. The highest BCUT2D eigenvalue weighted by atomic mass is 79.9. The van der Waals surface area contributed by atoms with Crippen LogP contribution in [0.1, 0.15) is 21.5 Å². The molecule has 0 saturated carbocycles. The Labute approximate surface area is 206 Å². The van der Waals surface area contributed by atoms with Gasteiger partial charge < -0.3 is 25.8 Å². The SMILES string of the molecule is COCCN1CCc2cc(OC)c(Nc3ncc(C(N)=O)c(Nc4ccccc4Br)n3)cc2C1. The largest absolute Gasteiger partial charge is 0.495 e. The van der Waals surface area contributed by atoms with Crippen LogP contribution in [-0.4, -0.2) is 54.7 Å². The number of anilines is 4. The lowest BCUT2D eigenvalue weighted by Gasteiger charge is -2.29. The van der Waals surface area contributed by atoms with Gasteiger partial charge in [0.2, 0.25) is 5.95 Å². The maximum Gasteiger partial charge on any atom is 0.254 e. The maximum absolute atomic E-state index is 12.0. The highest BCUT2D eigenvalue weighted by molar-refractivity contribution is 9.10. The normalized spacial score (nSPS) is 13.3. The summed E-state index contributed by atoms with van der Waals surface area (Å²) in [5.74, 6) is 0.694. The molecule has 0 fully saturated rings. The van der Waals surface area contributed by atoms with Crippen LogP contribution < -0.4 is 21.1 Å². The van der Waals surface area contributed by atoms with E-state index in [1.54, 1.807) is 14.2 Å². The Bertz CT molecular complexity index is 1190. The minimum atomic E-state index is -0.622. The Morgan fingerprint density at radius 2 is 2.00 bits per heavy atom. The number of aromatic nitrogens is 2. The summed E-state index contributed by atoms with van der Waals surface area (Å²) in [5.41, 5.74) is 9.71. The molecule has 34 heavy (non-hydrogen) atoms. The summed E-state index contributed by atoms with van der Waals surface area (Å²) in [6.45, 7) is 3.39. The van der Waals surface area contributed by atoms with E-state index in [0.29, 0.717) is 24.1 Å². The molecular formula is C24H27BrN6O3. The third kappa shape index (κ3) is 5.46. The lowest BCUT2D eigenvalue weighted by Crippen LogP contribution is -2.33. The van der Waals surface area contributed by atoms with Crippen LogP contribution in [0.2, 0.25) is 0 Å². The Kier molecular flexibility index (Phi) is 7.61. The molecule has 0 atom stereocenters. The van der Waals surface area contributed by atoms with Crippen LogP contribution in [-0.2, 0) is 17.7 Å². The average Bonchev–Trinajstić information content (AvgIpc) is 2.83. The topological polar surface area (TPSA) is 115 Å². The summed E-state index contributed by atoms with van der Waals surface area (Å²) in [7, 11) is 3.35. The number of benzene rings is 2. The van der Waals surface area contributed by atoms with Crippen LogP contribution in [0.3, 0.4) is 0 Å². The van der Waals surface area contributed by atoms with Gasteiger partial charge >= 0.3 is 0 Å². The zero-order valence-corrected chi connectivity index (χ0v) is 20.7. The molecule has 10 heteroatoms. The number of methoxy groups -OCH3 is 2. The average molecular weight is 527 g/mol. The van der Waals surface area contributed by atoms with Gasteiger partial charge in [-0.15, -0.1) is 0 Å². The molecule has 2 heterocycles. The summed E-state index contributed by atoms with van der Waals surface area (Å²) >= 11 is 3.50. The maximum atomic E-state index is 12.0. The molecule has 0 saturated heterocycles. The molecule has 4 N–H and O–H groups in total. The van der Waals surface area contributed by atoms with E-state index in [4.69, 9.17) is 15.2 Å². The molecule has 0 radical (unpaired) electrons. The van der Waals surface area contributed by atoms with Crippen LogP contribution in [0.15, 0.2) is 47.1 Å². The van der Waals surface area contributed by atoms with Crippen LogP contribution >= 0.6 is 15.9 Å². The van der Waals surface area contributed by atoms with Crippen molar-refractivity contribution in [2.45, 2.75) is 13.0 Å². The lowest BCUT2D eigenvalue weighted by atomic mass is 9.98. The summed E-state index contributed by atoms with van der Waals surface area (Å²) in [6.07, 6.45) is 2.35. The second kappa shape index (κ2) is 10.8. The number of para-hydroxylation sites is 1. The standard InChI is InChI=1S/C24H27BrN6O3/c1-33-10-9-31-8-7-15-12-21(34-2)20(11-16(15)14-31)29-24-27-13-17(22(26)32)23(30-24)28-19-6-4-3-5-18(19)25/h3-6,11-13H,7-10,14H2,1-2H3,(H2,26,32)(H2,27,28,29,30). The van der Waals surface area contributed by atoms with Crippen molar-refractivity contribution in [3.8, 4) is 5.75 Å². The number of halogens is 1. The van der Waals surface area contributed by atoms with E-state index in [9.17, 15) is 4.79 Å². The molecule has 0 aliphatic carbocycles. The first-order valence-electron chi connectivity index (χ1n) is 10.8. The zero-order chi connectivity index (χ0) is 24.1. The molecular weight excluding hydrogens is 500 g/mol. The minimum Gasteiger partial charge on any atom is -0.495 e. The molecule has 1 aliphatic rings. The number of ether oxygens (including phenoxy) is 2. The highest BCUT2D eigenvalue weighted by Gasteiger charge is 2.20. The molecule has 1 aliphatic heterocycles. The van der Waals surface area contributed by atoms with Gasteiger partial charge in [-0.25, -0.2) is 4.98 Å². The zero-order valence-electron chi connectivity index (χ0n) is 19.1. The van der Waals surface area contributed by atoms with E-state index in [-0.39, 0.29) is 5.56 Å². The van der Waals surface area contributed by atoms with Crippen molar-refractivity contribution in [2.24, 2.45) is 5.73 Å². The Hall–Kier alpha value is -3.21. The fourth-order valence-electron chi connectivity index (χ4n) is 3.85. The lowest BCUT2D eigenvalue weighted by molar-refractivity contribution is 0.100. The van der Waals surface area contributed by atoms with Gasteiger partial charge in [-0.2, -0.15) is 4.98 Å². The molecule has 1 aromatic heterocycles. The fourth-order valence-corrected chi connectivity index (χ4v) is 4.24. The number of amides is 1. The number of carbonyl (C=O) groups excluding carboxylic acids is 1. The van der Waals surface area contributed by atoms with Crippen molar-refractivity contribution < 1.29 is 14.3 Å². The van der Waals surface area contributed by atoms with Gasteiger partial charge in [0.15, 0.2) is 0 Å². The van der Waals surface area contributed by atoms with Crippen molar-refractivity contribution in [1.29, 1.82) is 0 Å². The highest BCUT2D eigenvalue weighted by Crippen LogP contribution is 2.34. The number of hydrogen-bond acceptors (Lipinski definition) is 8. The van der Waals surface area contributed by atoms with E-state index in [2.05, 4.69) is 53.6 Å². The molecule has 2 aromatic carbocycles. The van der Waals surface area contributed by atoms with Crippen LogP contribution in [0.5, 0.6) is 5.75 Å². The number of nitrogens with two attached hydrogens (primary N) is 1. The second-order valence-electron chi connectivity index (χ2n) is 7.89. The number of nitrogens with zero attached hydrogens (tertiary/aromatic N) is 3. The van der Waals surface area contributed by atoms with Crippen molar-refractivity contribution in [1.82, 2.24) is 14.9 Å². The second-order valence-corrected chi connectivity index (χ2v) is 8.74. The van der Waals surface area contributed by atoms with Gasteiger partial charge in [0.25, 0.3) is 5.91 Å². The molecule has 9 nitrogen and oxygen atoms in total. The van der Waals surface area contributed by atoms with Gasteiger partial charge in [0.1, 0.15) is 17.1 Å². The smallest absolute Gasteiger partial charge is 0.254 e. The first kappa shape index (κ1) is 23.9. The number of primary amides is 1. The third-order valence-electron chi connectivity index (χ3n) is 5.65. The fraction of sp³-hybridized carbons (Fsp3) is 0.292. The van der Waals surface area contributed by atoms with Crippen LogP contribution in [0.25, 0.3) is 0 Å². The molecule has 0 bridgehead atoms. The molecule has 0 unspecified atom stereocenters. The van der Waals surface area contributed by atoms with Gasteiger partial charge in [0, 0.05) is 37.4 Å². The van der Waals surface area contributed by atoms with Crippen molar-refractivity contribution in [2.75, 3.05) is 44.5 Å². The number of fused-ring (bicyclic) bond motifs is 1.